The predicted molar refractivity (Wildman–Crippen MR) is 78.9 cm³/mol. The van der Waals surface area contributed by atoms with Crippen molar-refractivity contribution in [3.05, 3.63) is 29.3 Å². The van der Waals surface area contributed by atoms with Crippen molar-refractivity contribution in [2.75, 3.05) is 13.1 Å². The third kappa shape index (κ3) is 2.38. The van der Waals surface area contributed by atoms with Crippen LogP contribution in [0.25, 0.3) is 0 Å². The number of fused-ring (bicyclic) bond motifs is 1. The normalized spacial score (nSPS) is 28.8. The van der Waals surface area contributed by atoms with Crippen LogP contribution < -0.4 is 10.1 Å². The van der Waals surface area contributed by atoms with Gasteiger partial charge >= 0.3 is 0 Å². The van der Waals surface area contributed by atoms with E-state index in [9.17, 15) is 0 Å². The highest BCUT2D eigenvalue weighted by Crippen LogP contribution is 2.44. The van der Waals surface area contributed by atoms with Crippen LogP contribution >= 0.6 is 0 Å². The first-order valence-corrected chi connectivity index (χ1v) is 7.62. The van der Waals surface area contributed by atoms with E-state index in [0.29, 0.717) is 5.92 Å². The molecular formula is C17H25NO. The zero-order chi connectivity index (χ0) is 13.5. The van der Waals surface area contributed by atoms with Crippen molar-refractivity contribution in [1.29, 1.82) is 0 Å². The second-order valence-electron chi connectivity index (χ2n) is 6.64. The van der Waals surface area contributed by atoms with Gasteiger partial charge in [0.2, 0.25) is 0 Å². The largest absolute Gasteiger partial charge is 0.487 e. The Balaban J connectivity index is 1.96. The Morgan fingerprint density at radius 3 is 3.00 bits per heavy atom. The van der Waals surface area contributed by atoms with Crippen LogP contribution in [-0.2, 0) is 6.42 Å². The number of rotatable bonds is 2. The smallest absolute Gasteiger partial charge is 0.126 e. The molecule has 0 amide bonds. The first-order valence-electron chi connectivity index (χ1n) is 7.62. The van der Waals surface area contributed by atoms with E-state index in [4.69, 9.17) is 4.74 Å². The van der Waals surface area contributed by atoms with Gasteiger partial charge in [-0.25, -0.2) is 0 Å². The summed E-state index contributed by atoms with van der Waals surface area (Å²) in [6.45, 7) is 8.97. The first-order chi connectivity index (χ1) is 9.11. The fraction of sp³-hybridized carbons (Fsp3) is 0.647. The van der Waals surface area contributed by atoms with Crippen molar-refractivity contribution in [2.45, 2.75) is 51.6 Å². The highest BCUT2D eigenvalue weighted by atomic mass is 16.5. The molecule has 2 heteroatoms. The molecule has 0 aliphatic carbocycles. The Morgan fingerprint density at radius 2 is 2.21 bits per heavy atom. The van der Waals surface area contributed by atoms with Gasteiger partial charge in [0.05, 0.1) is 0 Å². The SMILES string of the molecule is CCC1CNCCC1c1cccc2c1OC(C)(C)C2. The van der Waals surface area contributed by atoms with Gasteiger partial charge in [0.1, 0.15) is 11.4 Å². The molecule has 19 heavy (non-hydrogen) atoms. The van der Waals surface area contributed by atoms with E-state index in [2.05, 4.69) is 44.3 Å². The molecule has 0 aromatic heterocycles. The van der Waals surface area contributed by atoms with E-state index in [-0.39, 0.29) is 5.60 Å². The molecule has 3 rings (SSSR count). The fourth-order valence-corrected chi connectivity index (χ4v) is 3.69. The van der Waals surface area contributed by atoms with Gasteiger partial charge in [-0.3, -0.25) is 0 Å². The summed E-state index contributed by atoms with van der Waals surface area (Å²) in [6, 6.07) is 6.74. The van der Waals surface area contributed by atoms with Gasteiger partial charge in [0.25, 0.3) is 0 Å². The molecule has 2 aliphatic heterocycles. The van der Waals surface area contributed by atoms with Gasteiger partial charge in [-0.1, -0.05) is 31.5 Å². The quantitative estimate of drug-likeness (QED) is 0.877. The molecule has 0 bridgehead atoms. The van der Waals surface area contributed by atoms with Crippen LogP contribution in [0.5, 0.6) is 5.75 Å². The monoisotopic (exact) mass is 259 g/mol. The summed E-state index contributed by atoms with van der Waals surface area (Å²) in [7, 11) is 0. The lowest BCUT2D eigenvalue weighted by atomic mass is 9.79. The molecule has 1 aromatic carbocycles. The lowest BCUT2D eigenvalue weighted by molar-refractivity contribution is 0.135. The third-order valence-corrected chi connectivity index (χ3v) is 4.65. The second-order valence-corrected chi connectivity index (χ2v) is 6.64. The minimum Gasteiger partial charge on any atom is -0.487 e. The predicted octanol–water partition coefficient (Wildman–Crippen LogP) is 3.50. The van der Waals surface area contributed by atoms with E-state index in [1.165, 1.54) is 29.7 Å². The van der Waals surface area contributed by atoms with Gasteiger partial charge in [0.15, 0.2) is 0 Å². The van der Waals surface area contributed by atoms with Crippen molar-refractivity contribution < 1.29 is 4.74 Å². The number of ether oxygens (including phenoxy) is 1. The van der Waals surface area contributed by atoms with E-state index >= 15 is 0 Å². The molecule has 1 N–H and O–H groups in total. The third-order valence-electron chi connectivity index (χ3n) is 4.65. The molecule has 0 spiro atoms. The second kappa shape index (κ2) is 4.82. The molecule has 2 heterocycles. The van der Waals surface area contributed by atoms with Crippen molar-refractivity contribution >= 4 is 0 Å². The molecule has 104 valence electrons. The van der Waals surface area contributed by atoms with Crippen LogP contribution in [-0.4, -0.2) is 18.7 Å². The maximum atomic E-state index is 6.25. The summed E-state index contributed by atoms with van der Waals surface area (Å²) in [4.78, 5) is 0. The van der Waals surface area contributed by atoms with Gasteiger partial charge in [-0.2, -0.15) is 0 Å². The molecule has 2 unspecified atom stereocenters. The Kier molecular flexibility index (Phi) is 3.30. The summed E-state index contributed by atoms with van der Waals surface area (Å²) in [5.41, 5.74) is 2.82. The summed E-state index contributed by atoms with van der Waals surface area (Å²) < 4.78 is 6.25. The average molecular weight is 259 g/mol. The van der Waals surface area contributed by atoms with Gasteiger partial charge in [0, 0.05) is 6.42 Å². The lowest BCUT2D eigenvalue weighted by Gasteiger charge is -2.33. The van der Waals surface area contributed by atoms with E-state index in [1.807, 2.05) is 0 Å². The number of piperidine rings is 1. The number of benzene rings is 1. The zero-order valence-electron chi connectivity index (χ0n) is 12.3. The van der Waals surface area contributed by atoms with Crippen LogP contribution in [0, 0.1) is 5.92 Å². The molecule has 1 saturated heterocycles. The lowest BCUT2D eigenvalue weighted by Crippen LogP contribution is -2.35. The highest BCUT2D eigenvalue weighted by Gasteiger charge is 2.35. The van der Waals surface area contributed by atoms with Crippen molar-refractivity contribution in [2.24, 2.45) is 5.92 Å². The first kappa shape index (κ1) is 13.0. The molecular weight excluding hydrogens is 234 g/mol. The van der Waals surface area contributed by atoms with Crippen LogP contribution in [0.2, 0.25) is 0 Å². The standard InChI is InChI=1S/C17H25NO/c1-4-12-11-18-9-8-14(12)15-7-5-6-13-10-17(2,3)19-16(13)15/h5-7,12,14,18H,4,8-11H2,1-3H3. The molecule has 0 radical (unpaired) electrons. The summed E-state index contributed by atoms with van der Waals surface area (Å²) in [5.74, 6) is 2.60. The molecule has 0 saturated carbocycles. The average Bonchev–Trinajstić information content (AvgIpc) is 2.72. The minimum absolute atomic E-state index is 0.0347. The summed E-state index contributed by atoms with van der Waals surface area (Å²) >= 11 is 0. The maximum Gasteiger partial charge on any atom is 0.126 e. The van der Waals surface area contributed by atoms with E-state index in [0.717, 1.165) is 25.4 Å². The van der Waals surface area contributed by atoms with Crippen LogP contribution in [0.4, 0.5) is 0 Å². The molecule has 2 atom stereocenters. The Hall–Kier alpha value is -1.02. The van der Waals surface area contributed by atoms with Crippen LogP contribution in [0.3, 0.4) is 0 Å². The minimum atomic E-state index is -0.0347. The van der Waals surface area contributed by atoms with E-state index < -0.39 is 0 Å². The zero-order valence-corrected chi connectivity index (χ0v) is 12.3. The Labute approximate surface area is 116 Å². The van der Waals surface area contributed by atoms with Crippen molar-refractivity contribution in [3.8, 4) is 5.75 Å². The molecule has 2 nitrogen and oxygen atoms in total. The number of hydrogen-bond acceptors (Lipinski definition) is 2. The number of hydrogen-bond donors (Lipinski definition) is 1. The maximum absolute atomic E-state index is 6.25. The summed E-state index contributed by atoms with van der Waals surface area (Å²) in [5, 5.41) is 3.53. The van der Waals surface area contributed by atoms with Crippen molar-refractivity contribution in [1.82, 2.24) is 5.32 Å². The van der Waals surface area contributed by atoms with E-state index in [1.54, 1.807) is 0 Å². The van der Waals surface area contributed by atoms with Gasteiger partial charge in [-0.15, -0.1) is 0 Å². The van der Waals surface area contributed by atoms with Crippen LogP contribution in [0.15, 0.2) is 18.2 Å². The highest BCUT2D eigenvalue weighted by molar-refractivity contribution is 5.47. The van der Waals surface area contributed by atoms with Gasteiger partial charge < -0.3 is 10.1 Å². The van der Waals surface area contributed by atoms with Crippen LogP contribution in [0.1, 0.15) is 50.7 Å². The van der Waals surface area contributed by atoms with Crippen molar-refractivity contribution in [3.63, 3.8) is 0 Å². The molecule has 2 aliphatic rings. The summed E-state index contributed by atoms with van der Waals surface area (Å²) in [6.07, 6.45) is 3.52. The number of para-hydroxylation sites is 1. The van der Waals surface area contributed by atoms with Gasteiger partial charge in [-0.05, 0) is 56.3 Å². The molecule has 1 fully saturated rings. The molecule has 1 aromatic rings. The number of nitrogens with one attached hydrogen (secondary N) is 1. The Morgan fingerprint density at radius 1 is 1.37 bits per heavy atom. The Bertz CT molecular complexity index is 466. The topological polar surface area (TPSA) is 21.3 Å². The fourth-order valence-electron chi connectivity index (χ4n) is 3.69.